The number of nitrogens with zero attached hydrogens (tertiary/aromatic N) is 2. The average molecular weight is 313 g/mol. The van der Waals surface area contributed by atoms with Crippen molar-refractivity contribution < 1.29 is 4.74 Å². The van der Waals surface area contributed by atoms with Gasteiger partial charge in [-0.25, -0.2) is 0 Å². The standard InChI is InChI=1S/C19H27N3O/c1-2-4-19-17(3-1)18(16-5-7-20-8-6-16)15-22(19)10-9-21-11-13-23-14-12-21/h1-4,15-16,20H,5-14H2. The molecule has 0 amide bonds. The van der Waals surface area contributed by atoms with E-state index in [1.165, 1.54) is 23.7 Å². The summed E-state index contributed by atoms with van der Waals surface area (Å²) in [5.74, 6) is 0.714. The van der Waals surface area contributed by atoms with Crippen LogP contribution in [-0.4, -0.2) is 55.4 Å². The Bertz CT molecular complexity index is 639. The molecule has 0 bridgehead atoms. The summed E-state index contributed by atoms with van der Waals surface area (Å²) in [6.45, 7) is 8.40. The van der Waals surface area contributed by atoms with Gasteiger partial charge in [0.15, 0.2) is 0 Å². The molecule has 4 rings (SSSR count). The van der Waals surface area contributed by atoms with Crippen LogP contribution in [0.2, 0.25) is 0 Å². The number of benzene rings is 1. The predicted molar refractivity (Wildman–Crippen MR) is 94.0 cm³/mol. The maximum atomic E-state index is 5.45. The molecule has 4 nitrogen and oxygen atoms in total. The van der Waals surface area contributed by atoms with E-state index < -0.39 is 0 Å². The van der Waals surface area contributed by atoms with Gasteiger partial charge in [0.2, 0.25) is 0 Å². The van der Waals surface area contributed by atoms with Gasteiger partial charge in [-0.3, -0.25) is 4.90 Å². The van der Waals surface area contributed by atoms with Crippen LogP contribution in [0.3, 0.4) is 0 Å². The largest absolute Gasteiger partial charge is 0.379 e. The molecule has 3 heterocycles. The van der Waals surface area contributed by atoms with E-state index in [9.17, 15) is 0 Å². The van der Waals surface area contributed by atoms with E-state index in [1.807, 2.05) is 0 Å². The lowest BCUT2D eigenvalue weighted by Crippen LogP contribution is -2.38. The first kappa shape index (κ1) is 15.2. The fourth-order valence-electron chi connectivity index (χ4n) is 3.99. The number of morpholine rings is 1. The van der Waals surface area contributed by atoms with Gasteiger partial charge >= 0.3 is 0 Å². The van der Waals surface area contributed by atoms with Crippen LogP contribution in [0.5, 0.6) is 0 Å². The van der Waals surface area contributed by atoms with Crippen molar-refractivity contribution in [3.8, 4) is 0 Å². The van der Waals surface area contributed by atoms with Gasteiger partial charge in [-0.05, 0) is 43.5 Å². The minimum Gasteiger partial charge on any atom is -0.379 e. The van der Waals surface area contributed by atoms with Gasteiger partial charge < -0.3 is 14.6 Å². The Balaban J connectivity index is 1.56. The van der Waals surface area contributed by atoms with Crippen LogP contribution in [0, 0.1) is 0 Å². The topological polar surface area (TPSA) is 29.4 Å². The first-order valence-corrected chi connectivity index (χ1v) is 9.00. The van der Waals surface area contributed by atoms with E-state index >= 15 is 0 Å². The van der Waals surface area contributed by atoms with Gasteiger partial charge in [0.25, 0.3) is 0 Å². The number of fused-ring (bicyclic) bond motifs is 1. The monoisotopic (exact) mass is 313 g/mol. The Morgan fingerprint density at radius 3 is 2.65 bits per heavy atom. The molecular formula is C19H27N3O. The van der Waals surface area contributed by atoms with Crippen LogP contribution in [-0.2, 0) is 11.3 Å². The molecule has 1 aromatic carbocycles. The molecule has 4 heteroatoms. The van der Waals surface area contributed by atoms with Gasteiger partial charge in [-0.15, -0.1) is 0 Å². The number of ether oxygens (including phenoxy) is 1. The summed E-state index contributed by atoms with van der Waals surface area (Å²) >= 11 is 0. The third kappa shape index (κ3) is 3.30. The highest BCUT2D eigenvalue weighted by Gasteiger charge is 2.20. The zero-order valence-electron chi connectivity index (χ0n) is 13.8. The van der Waals surface area contributed by atoms with Crippen molar-refractivity contribution in [1.82, 2.24) is 14.8 Å². The number of para-hydroxylation sites is 1. The van der Waals surface area contributed by atoms with Crippen LogP contribution in [0.15, 0.2) is 30.5 Å². The molecule has 2 fully saturated rings. The molecular weight excluding hydrogens is 286 g/mol. The highest BCUT2D eigenvalue weighted by atomic mass is 16.5. The van der Waals surface area contributed by atoms with E-state index in [2.05, 4.69) is 45.2 Å². The average Bonchev–Trinajstić information content (AvgIpc) is 3.01. The molecule has 0 saturated carbocycles. The van der Waals surface area contributed by atoms with Crippen LogP contribution in [0.25, 0.3) is 10.9 Å². The number of rotatable bonds is 4. The van der Waals surface area contributed by atoms with Crippen molar-refractivity contribution >= 4 is 10.9 Å². The second-order valence-corrected chi connectivity index (χ2v) is 6.77. The fourth-order valence-corrected chi connectivity index (χ4v) is 3.99. The highest BCUT2D eigenvalue weighted by Crippen LogP contribution is 2.32. The molecule has 2 saturated heterocycles. The van der Waals surface area contributed by atoms with E-state index in [1.54, 1.807) is 5.56 Å². The highest BCUT2D eigenvalue weighted by molar-refractivity contribution is 5.84. The lowest BCUT2D eigenvalue weighted by atomic mass is 9.90. The molecule has 0 aliphatic carbocycles. The van der Waals surface area contributed by atoms with Crippen molar-refractivity contribution in [3.05, 3.63) is 36.0 Å². The van der Waals surface area contributed by atoms with Crippen LogP contribution in [0.4, 0.5) is 0 Å². The summed E-state index contributed by atoms with van der Waals surface area (Å²) in [4.78, 5) is 2.52. The first-order chi connectivity index (χ1) is 11.4. The minimum atomic E-state index is 0.714. The predicted octanol–water partition coefficient (Wildman–Crippen LogP) is 2.44. The number of piperidine rings is 1. The lowest BCUT2D eigenvalue weighted by molar-refractivity contribution is 0.0365. The summed E-state index contributed by atoms with van der Waals surface area (Å²) in [6, 6.07) is 8.93. The Kier molecular flexibility index (Phi) is 4.64. The molecule has 0 radical (unpaired) electrons. The van der Waals surface area contributed by atoms with Crippen LogP contribution >= 0.6 is 0 Å². The molecule has 2 aliphatic rings. The number of hydrogen-bond donors (Lipinski definition) is 1. The molecule has 0 spiro atoms. The van der Waals surface area contributed by atoms with Crippen LogP contribution < -0.4 is 5.32 Å². The van der Waals surface area contributed by atoms with Gasteiger partial charge in [0, 0.05) is 43.3 Å². The normalized spacial score (nSPS) is 21.0. The third-order valence-electron chi connectivity index (χ3n) is 5.36. The smallest absolute Gasteiger partial charge is 0.0594 e. The Morgan fingerprint density at radius 2 is 1.83 bits per heavy atom. The second-order valence-electron chi connectivity index (χ2n) is 6.77. The Hall–Kier alpha value is -1.36. The summed E-state index contributed by atoms with van der Waals surface area (Å²) in [6.07, 6.45) is 4.95. The summed E-state index contributed by atoms with van der Waals surface area (Å²) in [7, 11) is 0. The summed E-state index contributed by atoms with van der Waals surface area (Å²) < 4.78 is 7.93. The maximum Gasteiger partial charge on any atom is 0.0594 e. The molecule has 1 N–H and O–H groups in total. The van der Waals surface area contributed by atoms with Gasteiger partial charge in [-0.2, -0.15) is 0 Å². The van der Waals surface area contributed by atoms with E-state index in [-0.39, 0.29) is 0 Å². The summed E-state index contributed by atoms with van der Waals surface area (Å²) in [5, 5.41) is 4.94. The van der Waals surface area contributed by atoms with Crippen molar-refractivity contribution in [2.45, 2.75) is 25.3 Å². The first-order valence-electron chi connectivity index (χ1n) is 9.00. The fraction of sp³-hybridized carbons (Fsp3) is 0.579. The lowest BCUT2D eigenvalue weighted by Gasteiger charge is -2.26. The molecule has 23 heavy (non-hydrogen) atoms. The quantitative estimate of drug-likeness (QED) is 0.940. The molecule has 2 aromatic rings. The molecule has 1 aromatic heterocycles. The zero-order chi connectivity index (χ0) is 15.5. The van der Waals surface area contributed by atoms with Gasteiger partial charge in [-0.1, -0.05) is 18.2 Å². The zero-order valence-corrected chi connectivity index (χ0v) is 13.8. The van der Waals surface area contributed by atoms with Gasteiger partial charge in [0.05, 0.1) is 13.2 Å². The molecule has 2 aliphatic heterocycles. The second kappa shape index (κ2) is 7.04. The van der Waals surface area contributed by atoms with Crippen molar-refractivity contribution in [1.29, 1.82) is 0 Å². The van der Waals surface area contributed by atoms with Crippen LogP contribution in [0.1, 0.15) is 24.3 Å². The SMILES string of the molecule is c1ccc2c(c1)c(C1CCNCC1)cn2CCN1CCOCC1. The number of aromatic nitrogens is 1. The number of nitrogens with one attached hydrogen (secondary N) is 1. The van der Waals surface area contributed by atoms with Crippen molar-refractivity contribution in [2.75, 3.05) is 45.9 Å². The molecule has 0 atom stereocenters. The Labute approximate surface area is 138 Å². The molecule has 0 unspecified atom stereocenters. The summed E-state index contributed by atoms with van der Waals surface area (Å²) in [5.41, 5.74) is 2.96. The molecule has 124 valence electrons. The minimum absolute atomic E-state index is 0.714. The van der Waals surface area contributed by atoms with Crippen molar-refractivity contribution in [3.63, 3.8) is 0 Å². The third-order valence-corrected chi connectivity index (χ3v) is 5.36. The number of hydrogen-bond acceptors (Lipinski definition) is 3. The Morgan fingerprint density at radius 1 is 1.04 bits per heavy atom. The van der Waals surface area contributed by atoms with Crippen molar-refractivity contribution in [2.24, 2.45) is 0 Å². The van der Waals surface area contributed by atoms with E-state index in [4.69, 9.17) is 4.74 Å². The maximum absolute atomic E-state index is 5.45. The van der Waals surface area contributed by atoms with Gasteiger partial charge in [0.1, 0.15) is 0 Å². The van der Waals surface area contributed by atoms with E-state index in [0.29, 0.717) is 5.92 Å². The van der Waals surface area contributed by atoms with E-state index in [0.717, 1.165) is 52.5 Å².